The van der Waals surface area contributed by atoms with Crippen molar-refractivity contribution in [2.24, 2.45) is 5.92 Å². The Labute approximate surface area is 82.6 Å². The van der Waals surface area contributed by atoms with Crippen LogP contribution < -0.4 is 5.32 Å². The van der Waals surface area contributed by atoms with E-state index >= 15 is 0 Å². The van der Waals surface area contributed by atoms with E-state index in [0.717, 1.165) is 0 Å². The molecule has 0 saturated carbocycles. The van der Waals surface area contributed by atoms with Crippen LogP contribution in [0.2, 0.25) is 0 Å². The number of allylic oxidation sites excluding steroid dienone is 2. The van der Waals surface area contributed by atoms with Gasteiger partial charge in [-0.1, -0.05) is 18.2 Å². The Bertz CT molecular complexity index is 304. The lowest BCUT2D eigenvalue weighted by Crippen LogP contribution is -2.28. The SMILES string of the molecule is CNC(=O)C1C=CC=C(C(=O)OC)C1. The van der Waals surface area contributed by atoms with Crippen LogP contribution in [-0.4, -0.2) is 26.0 Å². The van der Waals surface area contributed by atoms with E-state index in [-0.39, 0.29) is 17.8 Å². The molecule has 1 aliphatic rings. The molecule has 0 aliphatic heterocycles. The summed E-state index contributed by atoms with van der Waals surface area (Å²) in [6, 6.07) is 0. The molecule has 1 atom stereocenters. The first-order chi connectivity index (χ1) is 6.69. The van der Waals surface area contributed by atoms with E-state index in [2.05, 4.69) is 10.1 Å². The molecule has 0 fully saturated rings. The van der Waals surface area contributed by atoms with E-state index in [1.807, 2.05) is 0 Å². The van der Waals surface area contributed by atoms with Gasteiger partial charge in [0, 0.05) is 12.6 Å². The highest BCUT2D eigenvalue weighted by molar-refractivity contribution is 5.91. The van der Waals surface area contributed by atoms with Crippen LogP contribution in [0.3, 0.4) is 0 Å². The predicted molar refractivity (Wildman–Crippen MR) is 51.4 cm³/mol. The molecule has 76 valence electrons. The Morgan fingerprint density at radius 2 is 2.29 bits per heavy atom. The highest BCUT2D eigenvalue weighted by Crippen LogP contribution is 2.19. The lowest BCUT2D eigenvalue weighted by Gasteiger charge is -2.15. The van der Waals surface area contributed by atoms with Crippen molar-refractivity contribution >= 4 is 11.9 Å². The molecule has 4 heteroatoms. The molecule has 1 amide bonds. The number of amides is 1. The summed E-state index contributed by atoms with van der Waals surface area (Å²) in [5.41, 5.74) is 0.531. The maximum Gasteiger partial charge on any atom is 0.333 e. The van der Waals surface area contributed by atoms with E-state index < -0.39 is 0 Å². The molecule has 1 rings (SSSR count). The molecular formula is C10H13NO3. The highest BCUT2D eigenvalue weighted by atomic mass is 16.5. The van der Waals surface area contributed by atoms with Gasteiger partial charge in [-0.2, -0.15) is 0 Å². The molecule has 1 unspecified atom stereocenters. The molecule has 0 bridgehead atoms. The predicted octanol–water partition coefficient (Wildman–Crippen LogP) is 0.408. The van der Waals surface area contributed by atoms with Gasteiger partial charge in [0.25, 0.3) is 0 Å². The fourth-order valence-electron chi connectivity index (χ4n) is 1.33. The average molecular weight is 195 g/mol. The summed E-state index contributed by atoms with van der Waals surface area (Å²) in [5, 5.41) is 2.54. The molecular weight excluding hydrogens is 182 g/mol. The highest BCUT2D eigenvalue weighted by Gasteiger charge is 2.21. The van der Waals surface area contributed by atoms with E-state index in [1.165, 1.54) is 7.11 Å². The smallest absolute Gasteiger partial charge is 0.333 e. The number of hydrogen-bond donors (Lipinski definition) is 1. The average Bonchev–Trinajstić information content (AvgIpc) is 2.27. The van der Waals surface area contributed by atoms with Crippen LogP contribution >= 0.6 is 0 Å². The second-order valence-corrected chi connectivity index (χ2v) is 2.99. The second-order valence-electron chi connectivity index (χ2n) is 2.99. The third-order valence-electron chi connectivity index (χ3n) is 2.11. The number of ether oxygens (including phenoxy) is 1. The molecule has 0 heterocycles. The summed E-state index contributed by atoms with van der Waals surface area (Å²) in [4.78, 5) is 22.4. The van der Waals surface area contributed by atoms with Crippen molar-refractivity contribution in [2.45, 2.75) is 6.42 Å². The first kappa shape index (κ1) is 10.5. The molecule has 0 saturated heterocycles. The third kappa shape index (κ3) is 2.22. The van der Waals surface area contributed by atoms with Gasteiger partial charge < -0.3 is 10.1 Å². The summed E-state index contributed by atoms with van der Waals surface area (Å²) in [6.45, 7) is 0. The van der Waals surface area contributed by atoms with Gasteiger partial charge in [-0.3, -0.25) is 4.79 Å². The van der Waals surface area contributed by atoms with Crippen LogP contribution in [0, 0.1) is 5.92 Å². The van der Waals surface area contributed by atoms with Gasteiger partial charge in [0.1, 0.15) is 0 Å². The molecule has 0 aromatic carbocycles. The van der Waals surface area contributed by atoms with Crippen molar-refractivity contribution in [3.63, 3.8) is 0 Å². The zero-order valence-corrected chi connectivity index (χ0v) is 8.24. The Kier molecular flexibility index (Phi) is 3.45. The number of nitrogens with one attached hydrogen (secondary N) is 1. The maximum atomic E-state index is 11.3. The lowest BCUT2D eigenvalue weighted by molar-refractivity contribution is -0.136. The van der Waals surface area contributed by atoms with Gasteiger partial charge >= 0.3 is 5.97 Å². The minimum atomic E-state index is -0.372. The molecule has 1 aliphatic carbocycles. The molecule has 0 aromatic rings. The number of carbonyl (C=O) groups is 2. The van der Waals surface area contributed by atoms with Gasteiger partial charge in [-0.15, -0.1) is 0 Å². The van der Waals surface area contributed by atoms with Crippen LogP contribution in [0.4, 0.5) is 0 Å². The quantitative estimate of drug-likeness (QED) is 0.649. The summed E-state index contributed by atoms with van der Waals surface area (Å²) in [5.74, 6) is -0.724. The minimum Gasteiger partial charge on any atom is -0.466 e. The summed E-state index contributed by atoms with van der Waals surface area (Å²) >= 11 is 0. The summed E-state index contributed by atoms with van der Waals surface area (Å²) in [7, 11) is 2.91. The van der Waals surface area contributed by atoms with Crippen LogP contribution in [0.15, 0.2) is 23.8 Å². The van der Waals surface area contributed by atoms with Crippen molar-refractivity contribution in [2.75, 3.05) is 14.2 Å². The van der Waals surface area contributed by atoms with Crippen molar-refractivity contribution in [1.82, 2.24) is 5.32 Å². The minimum absolute atomic E-state index is 0.0873. The van der Waals surface area contributed by atoms with Crippen molar-refractivity contribution in [1.29, 1.82) is 0 Å². The third-order valence-corrected chi connectivity index (χ3v) is 2.11. The zero-order valence-electron chi connectivity index (χ0n) is 8.24. The Hall–Kier alpha value is -1.58. The first-order valence-corrected chi connectivity index (χ1v) is 4.36. The second kappa shape index (κ2) is 4.60. The molecule has 4 nitrogen and oxygen atoms in total. The van der Waals surface area contributed by atoms with Gasteiger partial charge in [0.15, 0.2) is 0 Å². The fraction of sp³-hybridized carbons (Fsp3) is 0.400. The normalized spacial score (nSPS) is 19.9. The molecule has 1 N–H and O–H groups in total. The van der Waals surface area contributed by atoms with Gasteiger partial charge in [-0.05, 0) is 6.42 Å². The van der Waals surface area contributed by atoms with Crippen molar-refractivity contribution < 1.29 is 14.3 Å². The number of carbonyl (C=O) groups excluding carboxylic acids is 2. The number of rotatable bonds is 2. The van der Waals surface area contributed by atoms with E-state index in [9.17, 15) is 9.59 Å². The van der Waals surface area contributed by atoms with E-state index in [0.29, 0.717) is 12.0 Å². The van der Waals surface area contributed by atoms with Gasteiger partial charge in [0.05, 0.1) is 13.0 Å². The number of methoxy groups -OCH3 is 1. The summed E-state index contributed by atoms with van der Waals surface area (Å²) in [6.07, 6.45) is 5.55. The van der Waals surface area contributed by atoms with Crippen LogP contribution in [0.5, 0.6) is 0 Å². The largest absolute Gasteiger partial charge is 0.466 e. The van der Waals surface area contributed by atoms with Crippen LogP contribution in [0.1, 0.15) is 6.42 Å². The molecule has 14 heavy (non-hydrogen) atoms. The van der Waals surface area contributed by atoms with Crippen LogP contribution in [0.25, 0.3) is 0 Å². The zero-order chi connectivity index (χ0) is 10.6. The van der Waals surface area contributed by atoms with Gasteiger partial charge in [0.2, 0.25) is 5.91 Å². The Morgan fingerprint density at radius 3 is 2.86 bits per heavy atom. The Balaban J connectivity index is 2.69. The molecule has 0 spiro atoms. The van der Waals surface area contributed by atoms with Gasteiger partial charge in [-0.25, -0.2) is 4.79 Å². The fourth-order valence-corrected chi connectivity index (χ4v) is 1.33. The first-order valence-electron chi connectivity index (χ1n) is 4.36. The maximum absolute atomic E-state index is 11.3. The molecule has 0 aromatic heterocycles. The number of esters is 1. The monoisotopic (exact) mass is 195 g/mol. The van der Waals surface area contributed by atoms with E-state index in [4.69, 9.17) is 0 Å². The Morgan fingerprint density at radius 1 is 1.57 bits per heavy atom. The molecule has 0 radical (unpaired) electrons. The van der Waals surface area contributed by atoms with Crippen molar-refractivity contribution in [3.05, 3.63) is 23.8 Å². The lowest BCUT2D eigenvalue weighted by atomic mass is 9.93. The van der Waals surface area contributed by atoms with Crippen LogP contribution in [-0.2, 0) is 14.3 Å². The van der Waals surface area contributed by atoms with Crippen molar-refractivity contribution in [3.8, 4) is 0 Å². The number of hydrogen-bond acceptors (Lipinski definition) is 3. The summed E-state index contributed by atoms with van der Waals surface area (Å²) < 4.78 is 4.58. The standard InChI is InChI=1S/C10H13NO3/c1-11-9(12)7-4-3-5-8(6-7)10(13)14-2/h3-5,7H,6H2,1-2H3,(H,11,12). The van der Waals surface area contributed by atoms with E-state index in [1.54, 1.807) is 25.3 Å². The topological polar surface area (TPSA) is 55.4 Å².